The topological polar surface area (TPSA) is 57.4 Å². The molecule has 2 aliphatic heterocycles. The predicted molar refractivity (Wildman–Crippen MR) is 425 cm³/mol. The van der Waals surface area contributed by atoms with E-state index >= 15 is 0 Å². The van der Waals surface area contributed by atoms with Gasteiger partial charge in [-0.2, -0.15) is 0 Å². The molecule has 0 fully saturated rings. The van der Waals surface area contributed by atoms with Crippen LogP contribution in [0.1, 0.15) is 89.5 Å². The molecular formula is C92H94N8+4. The fraction of sp³-hybridized carbons (Fsp3) is 0.174. The molecular weight excluding hydrogens is 1220 g/mol. The van der Waals surface area contributed by atoms with Gasteiger partial charge in [-0.3, -0.25) is 0 Å². The second kappa shape index (κ2) is 28.6. The number of fused-ring (bicyclic) bond motifs is 8. The molecule has 498 valence electrons. The number of rotatable bonds is 24. The smallest absolute Gasteiger partial charge is 0.104 e. The van der Waals surface area contributed by atoms with E-state index in [9.17, 15) is 0 Å². The van der Waals surface area contributed by atoms with E-state index in [1.54, 1.807) is 0 Å². The Morgan fingerprint density at radius 3 is 0.560 bits per heavy atom. The number of nitrogens with one attached hydrogen (secondary N) is 2. The molecule has 8 nitrogen and oxygen atoms in total. The summed E-state index contributed by atoms with van der Waals surface area (Å²) in [7, 11) is 18.5. The average molecular weight is 1310 g/mol. The van der Waals surface area contributed by atoms with Gasteiger partial charge in [0.25, 0.3) is 0 Å². The first kappa shape index (κ1) is 67.7. The van der Waals surface area contributed by atoms with Gasteiger partial charge in [0.1, 0.15) is 52.4 Å². The lowest BCUT2D eigenvalue weighted by Gasteiger charge is -2.30. The third-order valence-electron chi connectivity index (χ3n) is 19.5. The van der Waals surface area contributed by atoms with E-state index in [0.29, 0.717) is 0 Å². The van der Waals surface area contributed by atoms with Crippen LogP contribution in [-0.4, -0.2) is 94.2 Å². The number of benzene rings is 8. The number of quaternary nitrogens is 4. The Labute approximate surface area is 592 Å². The molecule has 8 aromatic carbocycles. The molecule has 8 bridgehead atoms. The summed E-state index contributed by atoms with van der Waals surface area (Å²) in [5.74, 6) is 0. The van der Waals surface area contributed by atoms with Gasteiger partial charge in [-0.25, -0.2) is 9.97 Å². The maximum Gasteiger partial charge on any atom is 0.104 e. The molecule has 0 unspecified atom stereocenters. The molecule has 0 saturated heterocycles. The van der Waals surface area contributed by atoms with Gasteiger partial charge in [-0.15, -0.1) is 0 Å². The van der Waals surface area contributed by atoms with E-state index in [0.717, 1.165) is 182 Å². The molecule has 100 heavy (non-hydrogen) atoms. The number of H-pyrrole nitrogens is 2. The van der Waals surface area contributed by atoms with Gasteiger partial charge in [0, 0.05) is 88.8 Å². The van der Waals surface area contributed by atoms with Crippen molar-refractivity contribution in [2.75, 3.05) is 56.4 Å². The van der Waals surface area contributed by atoms with Crippen LogP contribution in [0, 0.1) is 0 Å². The van der Waals surface area contributed by atoms with Crippen molar-refractivity contribution in [1.29, 1.82) is 0 Å². The van der Waals surface area contributed by atoms with Crippen LogP contribution < -0.4 is 0 Å². The number of hydrogen-bond donors (Lipinski definition) is 2. The van der Waals surface area contributed by atoms with E-state index in [1.807, 2.05) is 24.3 Å². The summed E-state index contributed by atoms with van der Waals surface area (Å²) in [4.78, 5) is 19.6. The minimum Gasteiger partial charge on any atom is -0.354 e. The SMILES string of the molecule is C=Cc1ccc(C[N+](C)(C)Cc2ccc(-c3c4nc(c(-c5ccc(C[N+](C)(C)Cc6ccc(C=C)cc6)cc5)c5ccc([nH]5)c(-c5ccc(C[N+](C)(C)Cc6ccc(C=C)cc6)cc5)c5nc(c(-c6ccc(C[N+](C)(C)Cc7ccc(C=C)cc7)cc6)c6ccc3[nH]6)C=C5)C=C4)cc2)cc1. The zero-order valence-corrected chi connectivity index (χ0v) is 59.6. The van der Waals surface area contributed by atoms with Crippen molar-refractivity contribution in [1.82, 2.24) is 19.9 Å². The first-order chi connectivity index (χ1) is 48.2. The number of hydrogen-bond acceptors (Lipinski definition) is 2. The molecule has 0 atom stereocenters. The highest BCUT2D eigenvalue weighted by Gasteiger charge is 2.25. The predicted octanol–water partition coefficient (Wildman–Crippen LogP) is 21.0. The monoisotopic (exact) mass is 1310 g/mol. The minimum absolute atomic E-state index is 0.800. The highest BCUT2D eigenvalue weighted by molar-refractivity contribution is 6.00. The van der Waals surface area contributed by atoms with Crippen LogP contribution in [0.5, 0.6) is 0 Å². The second-order valence-electron chi connectivity index (χ2n) is 30.1. The molecule has 0 aliphatic carbocycles. The van der Waals surface area contributed by atoms with Crippen LogP contribution in [0.15, 0.2) is 245 Å². The average Bonchev–Trinajstić information content (AvgIpc) is 1.65. The summed E-state index contributed by atoms with van der Waals surface area (Å²) in [6.45, 7) is 22.9. The molecule has 13 rings (SSSR count). The summed E-state index contributed by atoms with van der Waals surface area (Å²) in [5.41, 5.74) is 30.5. The summed E-state index contributed by atoms with van der Waals surface area (Å²) in [5, 5.41) is 0. The quantitative estimate of drug-likeness (QED) is 0.0593. The Morgan fingerprint density at radius 2 is 0.400 bits per heavy atom. The molecule has 0 amide bonds. The first-order valence-electron chi connectivity index (χ1n) is 34.8. The van der Waals surface area contributed by atoms with Gasteiger partial charge in [0.2, 0.25) is 0 Å². The first-order valence-corrected chi connectivity index (χ1v) is 34.8. The van der Waals surface area contributed by atoms with Gasteiger partial charge in [-0.1, -0.05) is 245 Å². The lowest BCUT2D eigenvalue weighted by Crippen LogP contribution is -2.37. The van der Waals surface area contributed by atoms with Gasteiger partial charge in [-0.05, 0) is 93.1 Å². The standard InChI is InChI=1S/C92H94N8/c1-13-65-17-25-69(26-18-65)57-97(5,6)61-73-33-41-77(42-34-73)89-81-49-51-83(93-81)90(78-43-35-74(36-44-78)62-98(7,8)58-70-27-19-66(14-2)20-28-70)85-53-55-87(95-85)92(80-47-39-76(40-48-80)64-100(11,12)60-72-31-23-68(16-4)24-32-72)88-56-54-86(96-88)91(84-52-50-82(89)94-84)79-45-37-75(38-46-79)63-99(9,10)59-71-29-21-67(15-3)22-30-71/h13-56,93,96H,1-4,57-64H2,5-12H3/q+4. The summed E-state index contributed by atoms with van der Waals surface area (Å²) in [6.07, 6.45) is 16.4. The van der Waals surface area contributed by atoms with E-state index in [1.165, 1.54) is 44.5 Å². The van der Waals surface area contributed by atoms with Crippen molar-refractivity contribution in [2.45, 2.75) is 52.4 Å². The zero-order valence-electron chi connectivity index (χ0n) is 59.6. The van der Waals surface area contributed by atoms with Gasteiger partial charge < -0.3 is 27.9 Å². The van der Waals surface area contributed by atoms with Crippen LogP contribution in [0.25, 0.3) is 115 Å². The van der Waals surface area contributed by atoms with Crippen molar-refractivity contribution >= 4 is 70.7 Å². The van der Waals surface area contributed by atoms with Gasteiger partial charge in [0.15, 0.2) is 0 Å². The third-order valence-corrected chi connectivity index (χ3v) is 19.5. The van der Waals surface area contributed by atoms with Crippen LogP contribution >= 0.6 is 0 Å². The molecule has 2 aliphatic rings. The Balaban J connectivity index is 0.962. The largest absolute Gasteiger partial charge is 0.354 e. The van der Waals surface area contributed by atoms with Gasteiger partial charge in [0.05, 0.1) is 79.2 Å². The highest BCUT2D eigenvalue weighted by atomic mass is 15.3. The van der Waals surface area contributed by atoms with E-state index < -0.39 is 0 Å². The lowest BCUT2D eigenvalue weighted by molar-refractivity contribution is -0.916. The molecule has 0 spiro atoms. The Kier molecular flexibility index (Phi) is 19.3. The van der Waals surface area contributed by atoms with Crippen molar-refractivity contribution in [3.05, 3.63) is 334 Å². The third kappa shape index (κ3) is 16.0. The van der Waals surface area contributed by atoms with Gasteiger partial charge >= 0.3 is 0 Å². The summed E-state index contributed by atoms with van der Waals surface area (Å²) < 4.78 is 3.20. The molecule has 5 heterocycles. The molecule has 0 radical (unpaired) electrons. The fourth-order valence-electron chi connectivity index (χ4n) is 14.7. The molecule has 3 aromatic heterocycles. The van der Waals surface area contributed by atoms with Crippen LogP contribution in [-0.2, 0) is 52.4 Å². The Bertz CT molecular complexity index is 4420. The lowest BCUT2D eigenvalue weighted by atomic mass is 10.0. The number of aromatic nitrogens is 4. The van der Waals surface area contributed by atoms with E-state index in [2.05, 4.69) is 335 Å². The molecule has 11 aromatic rings. The number of nitrogens with zero attached hydrogens (tertiary/aromatic N) is 6. The van der Waals surface area contributed by atoms with Crippen molar-refractivity contribution in [2.24, 2.45) is 0 Å². The highest BCUT2D eigenvalue weighted by Crippen LogP contribution is 2.40. The van der Waals surface area contributed by atoms with Crippen molar-refractivity contribution < 1.29 is 17.9 Å². The summed E-state index contributed by atoms with van der Waals surface area (Å²) >= 11 is 0. The Morgan fingerprint density at radius 1 is 0.240 bits per heavy atom. The normalized spacial score (nSPS) is 12.4. The molecule has 2 N–H and O–H groups in total. The van der Waals surface area contributed by atoms with Crippen molar-refractivity contribution in [3.8, 4) is 44.5 Å². The maximum atomic E-state index is 5.75. The van der Waals surface area contributed by atoms with Crippen LogP contribution in [0.4, 0.5) is 0 Å². The van der Waals surface area contributed by atoms with Crippen LogP contribution in [0.3, 0.4) is 0 Å². The number of aromatic amines is 2. The maximum absolute atomic E-state index is 5.75. The fourth-order valence-corrected chi connectivity index (χ4v) is 14.7. The second-order valence-corrected chi connectivity index (χ2v) is 30.1. The van der Waals surface area contributed by atoms with Crippen LogP contribution in [0.2, 0.25) is 0 Å². The minimum atomic E-state index is 0.800. The van der Waals surface area contributed by atoms with E-state index in [4.69, 9.17) is 9.97 Å². The molecule has 0 saturated carbocycles. The Hall–Kier alpha value is -10.8. The zero-order chi connectivity index (χ0) is 69.8. The summed E-state index contributed by atoms with van der Waals surface area (Å²) in [6, 6.07) is 80.6. The molecule has 8 heteroatoms. The van der Waals surface area contributed by atoms with E-state index in [-0.39, 0.29) is 0 Å². The van der Waals surface area contributed by atoms with Crippen molar-refractivity contribution in [3.63, 3.8) is 0 Å².